The second-order valence-corrected chi connectivity index (χ2v) is 5.04. The molecule has 0 unspecified atom stereocenters. The topological polar surface area (TPSA) is 67.6 Å². The summed E-state index contributed by atoms with van der Waals surface area (Å²) in [5.74, 6) is 0. The third-order valence-electron chi connectivity index (χ3n) is 3.66. The van der Waals surface area contributed by atoms with E-state index in [1.807, 2.05) is 31.2 Å². The number of rotatable bonds is 4. The number of ether oxygens (including phenoxy) is 1. The first kappa shape index (κ1) is 14.7. The molecule has 0 saturated carbocycles. The van der Waals surface area contributed by atoms with Gasteiger partial charge in [-0.2, -0.15) is 0 Å². The molecule has 0 radical (unpaired) electrons. The van der Waals surface area contributed by atoms with Gasteiger partial charge in [-0.15, -0.1) is 0 Å². The van der Waals surface area contributed by atoms with Gasteiger partial charge in [-0.25, -0.2) is 4.79 Å². The maximum Gasteiger partial charge on any atom is 0.409 e. The van der Waals surface area contributed by atoms with Crippen molar-refractivity contribution >= 4 is 11.8 Å². The number of hydrogen-bond acceptors (Lipinski definition) is 4. The SMILES string of the molecule is CCOC(=O)N1CCC(NCc2ccccc2N)CC1. The van der Waals surface area contributed by atoms with Crippen molar-refractivity contribution in [1.82, 2.24) is 10.2 Å². The van der Waals surface area contributed by atoms with E-state index in [0.29, 0.717) is 12.6 Å². The zero-order chi connectivity index (χ0) is 14.4. The van der Waals surface area contributed by atoms with E-state index in [0.717, 1.165) is 43.7 Å². The van der Waals surface area contributed by atoms with E-state index >= 15 is 0 Å². The first-order chi connectivity index (χ1) is 9.70. The number of nitrogens with one attached hydrogen (secondary N) is 1. The molecular weight excluding hydrogens is 254 g/mol. The highest BCUT2D eigenvalue weighted by atomic mass is 16.6. The van der Waals surface area contributed by atoms with E-state index in [4.69, 9.17) is 10.5 Å². The van der Waals surface area contributed by atoms with Crippen molar-refractivity contribution in [3.63, 3.8) is 0 Å². The number of anilines is 1. The Morgan fingerprint density at radius 2 is 2.10 bits per heavy atom. The summed E-state index contributed by atoms with van der Waals surface area (Å²) in [5, 5.41) is 3.51. The Bertz CT molecular complexity index is 442. The molecule has 3 N–H and O–H groups in total. The first-order valence-corrected chi connectivity index (χ1v) is 7.19. The molecule has 1 aromatic rings. The quantitative estimate of drug-likeness (QED) is 0.826. The fourth-order valence-corrected chi connectivity index (χ4v) is 2.43. The molecule has 20 heavy (non-hydrogen) atoms. The standard InChI is InChI=1S/C15H23N3O2/c1-2-20-15(19)18-9-7-13(8-10-18)17-11-12-5-3-4-6-14(12)16/h3-6,13,17H,2,7-11,16H2,1H3. The van der Waals surface area contributed by atoms with Crippen LogP contribution in [0.2, 0.25) is 0 Å². The number of para-hydroxylation sites is 1. The molecule has 1 heterocycles. The minimum Gasteiger partial charge on any atom is -0.450 e. The summed E-state index contributed by atoms with van der Waals surface area (Å²) in [6.45, 7) is 4.54. The fraction of sp³-hybridized carbons (Fsp3) is 0.533. The lowest BCUT2D eigenvalue weighted by Gasteiger charge is -2.31. The van der Waals surface area contributed by atoms with Gasteiger partial charge in [-0.3, -0.25) is 0 Å². The summed E-state index contributed by atoms with van der Waals surface area (Å²) in [6.07, 6.45) is 1.70. The van der Waals surface area contributed by atoms with Gasteiger partial charge in [-0.1, -0.05) is 18.2 Å². The predicted octanol–water partition coefficient (Wildman–Crippen LogP) is 1.98. The number of carbonyl (C=O) groups excluding carboxylic acids is 1. The highest BCUT2D eigenvalue weighted by molar-refractivity contribution is 5.67. The molecule has 1 saturated heterocycles. The highest BCUT2D eigenvalue weighted by Gasteiger charge is 2.23. The molecule has 1 fully saturated rings. The molecule has 1 aromatic carbocycles. The van der Waals surface area contributed by atoms with Gasteiger partial charge in [0.25, 0.3) is 0 Å². The number of likely N-dealkylation sites (tertiary alicyclic amines) is 1. The largest absolute Gasteiger partial charge is 0.450 e. The van der Waals surface area contributed by atoms with Gasteiger partial charge in [0.2, 0.25) is 0 Å². The van der Waals surface area contributed by atoms with E-state index in [-0.39, 0.29) is 6.09 Å². The van der Waals surface area contributed by atoms with Crippen LogP contribution in [0.1, 0.15) is 25.3 Å². The normalized spacial score (nSPS) is 16.1. The summed E-state index contributed by atoms with van der Waals surface area (Å²) in [4.78, 5) is 13.4. The van der Waals surface area contributed by atoms with Crippen LogP contribution in [0.4, 0.5) is 10.5 Å². The van der Waals surface area contributed by atoms with Gasteiger partial charge in [-0.05, 0) is 31.4 Å². The Kier molecular flexibility index (Phi) is 5.24. The van der Waals surface area contributed by atoms with Crippen LogP contribution in [0.25, 0.3) is 0 Å². The Labute approximate surface area is 120 Å². The maximum absolute atomic E-state index is 11.6. The molecule has 1 aliphatic rings. The van der Waals surface area contributed by atoms with Crippen LogP contribution in [-0.2, 0) is 11.3 Å². The van der Waals surface area contributed by atoms with Crippen molar-refractivity contribution in [3.05, 3.63) is 29.8 Å². The molecule has 0 spiro atoms. The average molecular weight is 277 g/mol. The summed E-state index contributed by atoms with van der Waals surface area (Å²) in [5.41, 5.74) is 7.87. The van der Waals surface area contributed by atoms with Gasteiger partial charge in [0, 0.05) is 31.4 Å². The van der Waals surface area contributed by atoms with Gasteiger partial charge >= 0.3 is 6.09 Å². The molecule has 0 aromatic heterocycles. The number of carbonyl (C=O) groups is 1. The molecule has 5 heteroatoms. The molecule has 110 valence electrons. The Balaban J connectivity index is 1.75. The van der Waals surface area contributed by atoms with Crippen LogP contribution in [0.5, 0.6) is 0 Å². The third-order valence-corrected chi connectivity index (χ3v) is 3.66. The van der Waals surface area contributed by atoms with Gasteiger partial charge in [0.1, 0.15) is 0 Å². The Morgan fingerprint density at radius 3 is 2.75 bits per heavy atom. The highest BCUT2D eigenvalue weighted by Crippen LogP contribution is 2.14. The second-order valence-electron chi connectivity index (χ2n) is 5.04. The van der Waals surface area contributed by atoms with Crippen LogP contribution in [0.15, 0.2) is 24.3 Å². The fourth-order valence-electron chi connectivity index (χ4n) is 2.43. The maximum atomic E-state index is 11.6. The molecular formula is C15H23N3O2. The van der Waals surface area contributed by atoms with Crippen LogP contribution >= 0.6 is 0 Å². The second kappa shape index (κ2) is 7.14. The summed E-state index contributed by atoms with van der Waals surface area (Å²) in [6, 6.07) is 8.32. The molecule has 0 aliphatic carbocycles. The lowest BCUT2D eigenvalue weighted by molar-refractivity contribution is 0.0950. The van der Waals surface area contributed by atoms with Crippen molar-refractivity contribution in [2.24, 2.45) is 0 Å². The minimum absolute atomic E-state index is 0.196. The lowest BCUT2D eigenvalue weighted by atomic mass is 10.0. The third kappa shape index (κ3) is 3.87. The van der Waals surface area contributed by atoms with E-state index in [9.17, 15) is 4.79 Å². The molecule has 5 nitrogen and oxygen atoms in total. The molecule has 1 amide bonds. The first-order valence-electron chi connectivity index (χ1n) is 7.19. The van der Waals surface area contributed by atoms with Crippen LogP contribution in [-0.4, -0.2) is 36.7 Å². The van der Waals surface area contributed by atoms with Gasteiger partial charge < -0.3 is 20.7 Å². The van der Waals surface area contributed by atoms with Crippen molar-refractivity contribution in [2.45, 2.75) is 32.4 Å². The number of amides is 1. The van der Waals surface area contributed by atoms with Crippen molar-refractivity contribution in [1.29, 1.82) is 0 Å². The summed E-state index contributed by atoms with van der Waals surface area (Å²) in [7, 11) is 0. The number of benzene rings is 1. The average Bonchev–Trinajstić information content (AvgIpc) is 2.47. The Hall–Kier alpha value is -1.75. The number of nitrogens with two attached hydrogens (primary N) is 1. The zero-order valence-corrected chi connectivity index (χ0v) is 12.0. The van der Waals surface area contributed by atoms with Crippen LogP contribution < -0.4 is 11.1 Å². The predicted molar refractivity (Wildman–Crippen MR) is 79.3 cm³/mol. The number of hydrogen-bond donors (Lipinski definition) is 2. The van der Waals surface area contributed by atoms with Crippen molar-refractivity contribution < 1.29 is 9.53 Å². The molecule has 1 aliphatic heterocycles. The summed E-state index contributed by atoms with van der Waals surface area (Å²) >= 11 is 0. The van der Waals surface area contributed by atoms with E-state index < -0.39 is 0 Å². The molecule has 0 atom stereocenters. The molecule has 0 bridgehead atoms. The van der Waals surface area contributed by atoms with E-state index in [1.54, 1.807) is 4.90 Å². The Morgan fingerprint density at radius 1 is 1.40 bits per heavy atom. The summed E-state index contributed by atoms with van der Waals surface area (Å²) < 4.78 is 5.01. The van der Waals surface area contributed by atoms with E-state index in [2.05, 4.69) is 5.32 Å². The van der Waals surface area contributed by atoms with Gasteiger partial charge in [0.15, 0.2) is 0 Å². The molecule has 2 rings (SSSR count). The van der Waals surface area contributed by atoms with Crippen molar-refractivity contribution in [3.8, 4) is 0 Å². The van der Waals surface area contributed by atoms with E-state index in [1.165, 1.54) is 0 Å². The van der Waals surface area contributed by atoms with Crippen molar-refractivity contribution in [2.75, 3.05) is 25.4 Å². The van der Waals surface area contributed by atoms with Crippen LogP contribution in [0, 0.1) is 0 Å². The number of piperidine rings is 1. The zero-order valence-electron chi connectivity index (χ0n) is 12.0. The monoisotopic (exact) mass is 277 g/mol. The smallest absolute Gasteiger partial charge is 0.409 e. The van der Waals surface area contributed by atoms with Gasteiger partial charge in [0.05, 0.1) is 6.61 Å². The van der Waals surface area contributed by atoms with Crippen LogP contribution in [0.3, 0.4) is 0 Å². The number of nitrogen functional groups attached to an aromatic ring is 1. The lowest BCUT2D eigenvalue weighted by Crippen LogP contribution is -2.44. The number of nitrogens with zero attached hydrogens (tertiary/aromatic N) is 1. The minimum atomic E-state index is -0.196.